The summed E-state index contributed by atoms with van der Waals surface area (Å²) in [5.74, 6) is -4.91. The monoisotopic (exact) mass is 1110 g/mol. The molecule has 0 radical (unpaired) electrons. The molecule has 1 saturated heterocycles. The van der Waals surface area contributed by atoms with E-state index < -0.39 is 134 Å². The van der Waals surface area contributed by atoms with Gasteiger partial charge in [-0.3, -0.25) is 14.4 Å². The van der Waals surface area contributed by atoms with Crippen LogP contribution in [-0.2, 0) is 46.9 Å². The lowest BCUT2D eigenvalue weighted by Gasteiger charge is -2.68. The van der Waals surface area contributed by atoms with Crippen molar-refractivity contribution in [3.8, 4) is 0 Å². The van der Waals surface area contributed by atoms with Crippen molar-refractivity contribution in [3.05, 3.63) is 119 Å². The molecule has 0 unspecified atom stereocenters. The molecule has 1 aliphatic heterocycles. The Morgan fingerprint density at radius 2 is 1.39 bits per heavy atom. The van der Waals surface area contributed by atoms with Crippen molar-refractivity contribution in [2.45, 2.75) is 178 Å². The number of ketones is 1. The van der Waals surface area contributed by atoms with Crippen molar-refractivity contribution in [2.75, 3.05) is 12.9 Å². The Balaban J connectivity index is 1.50. The van der Waals surface area contributed by atoms with E-state index >= 15 is 9.59 Å². The first-order valence-corrected chi connectivity index (χ1v) is 33.4. The number of hydrogen-bond donors (Lipinski definition) is 2. The second-order valence-electron chi connectivity index (χ2n) is 23.5. The number of rotatable bonds is 17. The van der Waals surface area contributed by atoms with E-state index in [1.807, 2.05) is 39.9 Å². The van der Waals surface area contributed by atoms with Crippen molar-refractivity contribution in [1.82, 2.24) is 5.32 Å². The van der Waals surface area contributed by atoms with Crippen LogP contribution in [0.2, 0.25) is 36.3 Å². The Morgan fingerprint density at radius 1 is 0.831 bits per heavy atom. The first kappa shape index (κ1) is 59.5. The third-order valence-electron chi connectivity index (χ3n) is 18.1. The Morgan fingerprint density at radius 3 is 1.90 bits per heavy atom. The zero-order chi connectivity index (χ0) is 56.7. The summed E-state index contributed by atoms with van der Waals surface area (Å²) < 4.78 is 46.1. The minimum absolute atomic E-state index is 0.112. The largest absolute Gasteiger partial charge is 0.508 e. The highest BCUT2D eigenvalue weighted by molar-refractivity contribution is 8.01. The Bertz CT molecular complexity index is 2700. The van der Waals surface area contributed by atoms with Gasteiger partial charge < -0.3 is 43.0 Å². The molecule has 1 heterocycles. The minimum atomic E-state index is -2.94. The molecule has 3 fully saturated rings. The van der Waals surface area contributed by atoms with E-state index in [9.17, 15) is 24.3 Å². The van der Waals surface area contributed by atoms with Crippen molar-refractivity contribution >= 4 is 64.2 Å². The maximum Gasteiger partial charge on any atom is 0.508 e. The molecule has 1 amide bonds. The number of carbonyl (C=O) groups excluding carboxylic acids is 6. The van der Waals surface area contributed by atoms with Crippen LogP contribution in [0.1, 0.15) is 121 Å². The van der Waals surface area contributed by atoms with Crippen molar-refractivity contribution in [3.63, 3.8) is 0 Å². The third-order valence-corrected chi connectivity index (χ3v) is 28.8. The first-order valence-electron chi connectivity index (χ1n) is 26.9. The minimum Gasteiger partial charge on any atom is -0.456 e. The lowest BCUT2D eigenvalue weighted by Crippen LogP contribution is -2.80. The maximum atomic E-state index is 16.7. The van der Waals surface area contributed by atoms with Crippen LogP contribution in [0.3, 0.4) is 0 Å². The molecule has 18 heteroatoms. The summed E-state index contributed by atoms with van der Waals surface area (Å²) in [6.07, 6.45) is -8.51. The summed E-state index contributed by atoms with van der Waals surface area (Å²) in [5.41, 5.74) is -5.92. The third kappa shape index (κ3) is 10.9. The van der Waals surface area contributed by atoms with Crippen LogP contribution < -0.4 is 5.32 Å². The number of thioether (sulfide) groups is 1. The molecule has 11 atom stereocenters. The van der Waals surface area contributed by atoms with Crippen LogP contribution in [0.5, 0.6) is 0 Å². The summed E-state index contributed by atoms with van der Waals surface area (Å²) in [7, 11) is -4.40. The van der Waals surface area contributed by atoms with Gasteiger partial charge in [0.15, 0.2) is 34.6 Å². The summed E-state index contributed by atoms with van der Waals surface area (Å²) in [6, 6.07) is 26.8. The molecule has 3 aromatic rings. The van der Waals surface area contributed by atoms with Gasteiger partial charge in [-0.1, -0.05) is 122 Å². The van der Waals surface area contributed by atoms with Crippen LogP contribution >= 0.6 is 11.8 Å². The number of nitrogens with one attached hydrogen (secondary N) is 1. The van der Waals surface area contributed by atoms with Crippen molar-refractivity contribution in [1.29, 1.82) is 0 Å². The molecule has 2 bridgehead atoms. The van der Waals surface area contributed by atoms with Crippen molar-refractivity contribution < 1.29 is 66.4 Å². The van der Waals surface area contributed by atoms with Crippen LogP contribution in [0.4, 0.5) is 4.79 Å². The van der Waals surface area contributed by atoms with Crippen LogP contribution in [0.25, 0.3) is 0 Å². The van der Waals surface area contributed by atoms with Gasteiger partial charge in [0.25, 0.3) is 5.91 Å². The highest BCUT2D eigenvalue weighted by atomic mass is 32.2. The summed E-state index contributed by atoms with van der Waals surface area (Å²) >= 11 is 1.50. The predicted octanol–water partition coefficient (Wildman–Crippen LogP) is 10.7. The quantitative estimate of drug-likeness (QED) is 0.0559. The first-order chi connectivity index (χ1) is 36.1. The number of ether oxygens (including phenoxy) is 5. The van der Waals surface area contributed by atoms with E-state index in [0.29, 0.717) is 34.8 Å². The number of esters is 3. The average Bonchev–Trinajstić information content (AvgIpc) is 3.59. The molecule has 4 aliphatic rings. The van der Waals surface area contributed by atoms with Crippen LogP contribution in [0, 0.1) is 16.7 Å². The topological polar surface area (TPSA) is 199 Å². The number of Topliss-reactive ketones (excluding diaryl/α,β-unsaturated/α-hetero) is 1. The molecular weight excluding hydrogens is 1030 g/mol. The van der Waals surface area contributed by atoms with Gasteiger partial charge in [-0.25, -0.2) is 14.4 Å². The summed E-state index contributed by atoms with van der Waals surface area (Å²) in [6.45, 7) is 24.2. The molecule has 77 heavy (non-hydrogen) atoms. The number of fused-ring (bicyclic) bond motifs is 5. The SMILES string of the molecule is CC[Si](CC)(CC)O[C@H]1C[C@H]2SC[C@@]2(OC(=O)OC)[C@H]2[C@H](OC(=O)c3ccccc3)[C@]3(O)C[C@H](OC(=O)[C@H](O[Si](C)(C)C(C)(C)C)[C@@H](NC(=O)c4ccccc4)c4ccccc4)C(C)=C([C@@H](OC(C)=O)C(=O)[C@]12C)C3(C)C. The van der Waals surface area contributed by atoms with Gasteiger partial charge in [-0.2, -0.15) is 11.8 Å². The molecule has 7 rings (SSSR count). The number of aliphatic hydroxyl groups is 1. The van der Waals surface area contributed by atoms with E-state index in [1.165, 1.54) is 25.8 Å². The number of carbonyl (C=O) groups is 6. The highest BCUT2D eigenvalue weighted by Gasteiger charge is 2.78. The molecule has 2 N–H and O–H groups in total. The van der Waals surface area contributed by atoms with Gasteiger partial charge in [0.05, 0.1) is 36.2 Å². The van der Waals surface area contributed by atoms with Gasteiger partial charge in [0, 0.05) is 35.3 Å². The van der Waals surface area contributed by atoms with Gasteiger partial charge in [0.1, 0.15) is 23.4 Å². The van der Waals surface area contributed by atoms with Crippen LogP contribution in [-0.4, -0.2) is 117 Å². The number of hydrogen-bond acceptors (Lipinski definition) is 15. The van der Waals surface area contributed by atoms with Gasteiger partial charge >= 0.3 is 24.1 Å². The zero-order valence-electron chi connectivity index (χ0n) is 47.2. The normalized spacial score (nSPS) is 28.6. The Labute approximate surface area is 460 Å². The number of methoxy groups -OCH3 is 1. The molecule has 418 valence electrons. The average molecular weight is 1110 g/mol. The van der Waals surface area contributed by atoms with E-state index in [4.69, 9.17) is 32.5 Å². The van der Waals surface area contributed by atoms with E-state index in [0.717, 1.165) is 0 Å². The number of amides is 1. The van der Waals surface area contributed by atoms with E-state index in [1.54, 1.807) is 113 Å². The molecule has 2 saturated carbocycles. The fourth-order valence-corrected chi connectivity index (χ4v) is 17.8. The standard InChI is InChI=1S/C59H79NO14SSi2/c1-15-77(16-2,17-3)73-42-33-43-58(35-75-43,72-54(66)68-12)48-50(71-52(64)40-31-25-20-26-32-40)59(67)34-41(36(4)44(56(59,9)10)46(69-37(5)61)49(62)57(42,48)11)70-53(65)47(74-76(13,14)55(6,7)8)45(38-27-21-18-22-28-38)60-51(63)39-29-23-19-24-30-39/h18-32,41-43,45-48,50,67H,15-17,33-35H2,1-14H3,(H,60,63)/t41-,42-,43+,45-,46+,47+,48-,50-,57+,58-,59+/m0/s1. The van der Waals surface area contributed by atoms with E-state index in [-0.39, 0.29) is 23.3 Å². The van der Waals surface area contributed by atoms with Crippen LogP contribution in [0.15, 0.2) is 102 Å². The summed E-state index contributed by atoms with van der Waals surface area (Å²) in [5, 5.41) is 16.6. The lowest BCUT2D eigenvalue weighted by molar-refractivity contribution is -0.256. The fourth-order valence-electron chi connectivity index (χ4n) is 12.2. The second kappa shape index (κ2) is 22.6. The molecular formula is C59H79NO14SSi2. The lowest BCUT2D eigenvalue weighted by atomic mass is 9.45. The van der Waals surface area contributed by atoms with Gasteiger partial charge in [-0.15, -0.1) is 0 Å². The Kier molecular flexibility index (Phi) is 17.4. The second-order valence-corrected chi connectivity index (χ2v) is 34.2. The van der Waals surface area contributed by atoms with Gasteiger partial charge in [0.2, 0.25) is 0 Å². The number of benzene rings is 3. The smallest absolute Gasteiger partial charge is 0.456 e. The molecule has 0 aromatic heterocycles. The predicted molar refractivity (Wildman–Crippen MR) is 298 cm³/mol. The molecule has 0 spiro atoms. The Hall–Kier alpha value is -5.12. The highest BCUT2D eigenvalue weighted by Crippen LogP contribution is 2.67. The molecule has 3 aliphatic carbocycles. The summed E-state index contributed by atoms with van der Waals surface area (Å²) in [4.78, 5) is 89.0. The molecule has 15 nitrogen and oxygen atoms in total. The van der Waals surface area contributed by atoms with Gasteiger partial charge in [-0.05, 0) is 97.5 Å². The molecule has 3 aromatic carbocycles. The fraction of sp³-hybridized carbons (Fsp3) is 0.559. The zero-order valence-corrected chi connectivity index (χ0v) is 50.0. The van der Waals surface area contributed by atoms with Crippen molar-refractivity contribution in [2.24, 2.45) is 16.7 Å². The maximum absolute atomic E-state index is 16.7. The van der Waals surface area contributed by atoms with E-state index in [2.05, 4.69) is 26.1 Å².